The minimum absolute atomic E-state index is 0.0110. The Labute approximate surface area is 409 Å². The second-order valence-electron chi connectivity index (χ2n) is 22.0. The van der Waals surface area contributed by atoms with Gasteiger partial charge in [0.25, 0.3) is 0 Å². The molecule has 0 amide bonds. The van der Waals surface area contributed by atoms with Crippen LogP contribution < -0.4 is 14.5 Å². The molecule has 5 nitrogen and oxygen atoms in total. The van der Waals surface area contributed by atoms with E-state index in [-0.39, 0.29) is 21.7 Å². The number of rotatable bonds is 10. The van der Waals surface area contributed by atoms with Crippen molar-refractivity contribution in [2.75, 3.05) is 16.5 Å². The van der Waals surface area contributed by atoms with Crippen LogP contribution in [0.2, 0.25) is 0 Å². The summed E-state index contributed by atoms with van der Waals surface area (Å²) in [6.07, 6.45) is 6.35. The van der Waals surface area contributed by atoms with Crippen LogP contribution in [0.25, 0.3) is 38.8 Å². The normalized spacial score (nSPS) is 13.5. The van der Waals surface area contributed by atoms with Gasteiger partial charge in [-0.25, -0.2) is 4.98 Å². The average molecular weight is 905 g/mol. The Balaban J connectivity index is 1.06. The van der Waals surface area contributed by atoms with Gasteiger partial charge in [-0.2, -0.15) is 0 Å². The SMILES string of the molecule is CC(C)(C)c1cc(-c2ccccc2)cc(N2C=CN(c3cc(Oc4ccc5c6cc(C(C)(C)C)ccc6n(-c6cc(C(C)(C)c7ccccc7)ccn6)c5c4)cc(C(C)(C)c4ccccc4)c3)C2)c1. The molecule has 1 aliphatic heterocycles. The second-order valence-corrected chi connectivity index (χ2v) is 22.0. The van der Waals surface area contributed by atoms with E-state index in [2.05, 4.69) is 272 Å². The van der Waals surface area contributed by atoms with Crippen molar-refractivity contribution in [1.29, 1.82) is 0 Å². The summed E-state index contributed by atoms with van der Waals surface area (Å²) in [4.78, 5) is 9.74. The number of anilines is 2. The lowest BCUT2D eigenvalue weighted by Gasteiger charge is -2.29. The van der Waals surface area contributed by atoms with Gasteiger partial charge in [-0.3, -0.25) is 4.57 Å². The zero-order valence-corrected chi connectivity index (χ0v) is 41.9. The molecule has 0 atom stereocenters. The molecule has 0 fully saturated rings. The summed E-state index contributed by atoms with van der Waals surface area (Å²) in [5.41, 5.74) is 13.7. The maximum atomic E-state index is 7.09. The second kappa shape index (κ2) is 17.3. The van der Waals surface area contributed by atoms with Crippen molar-refractivity contribution < 1.29 is 4.74 Å². The number of fused-ring (bicyclic) bond motifs is 3. The van der Waals surface area contributed by atoms with Crippen LogP contribution in [-0.4, -0.2) is 16.2 Å². The first-order valence-electron chi connectivity index (χ1n) is 24.4. The van der Waals surface area contributed by atoms with Crippen molar-refractivity contribution >= 4 is 33.2 Å². The van der Waals surface area contributed by atoms with Gasteiger partial charge in [0.1, 0.15) is 17.3 Å². The maximum absolute atomic E-state index is 7.09. The van der Waals surface area contributed by atoms with Gasteiger partial charge >= 0.3 is 0 Å². The maximum Gasteiger partial charge on any atom is 0.137 e. The fourth-order valence-electron chi connectivity index (χ4n) is 9.82. The molecule has 5 heteroatoms. The largest absolute Gasteiger partial charge is 0.457 e. The molecule has 0 saturated heterocycles. The van der Waals surface area contributed by atoms with Gasteiger partial charge in [-0.05, 0) is 116 Å². The summed E-state index contributed by atoms with van der Waals surface area (Å²) in [5, 5.41) is 2.35. The Bertz CT molecular complexity index is 3350. The summed E-state index contributed by atoms with van der Waals surface area (Å²) in [5.74, 6) is 2.41. The van der Waals surface area contributed by atoms with Crippen LogP contribution in [0, 0.1) is 0 Å². The summed E-state index contributed by atoms with van der Waals surface area (Å²) in [7, 11) is 0. The summed E-state index contributed by atoms with van der Waals surface area (Å²) < 4.78 is 9.41. The Kier molecular flexibility index (Phi) is 11.4. The van der Waals surface area contributed by atoms with E-state index in [1.807, 2.05) is 6.20 Å². The van der Waals surface area contributed by atoms with Crippen molar-refractivity contribution in [3.8, 4) is 28.4 Å². The van der Waals surface area contributed by atoms with E-state index in [0.29, 0.717) is 6.67 Å². The molecule has 0 N–H and O–H groups in total. The summed E-state index contributed by atoms with van der Waals surface area (Å²) in [6.45, 7) is 23.5. The molecule has 0 aliphatic carbocycles. The number of pyridine rings is 1. The molecule has 2 aromatic heterocycles. The minimum Gasteiger partial charge on any atom is -0.457 e. The third kappa shape index (κ3) is 8.83. The van der Waals surface area contributed by atoms with E-state index in [0.717, 1.165) is 39.4 Å². The first-order valence-corrected chi connectivity index (χ1v) is 24.4. The van der Waals surface area contributed by atoms with Crippen molar-refractivity contribution in [3.05, 3.63) is 228 Å². The number of ether oxygens (including phenoxy) is 1. The Morgan fingerprint density at radius 2 is 1.00 bits per heavy atom. The molecular formula is C64H64N4O. The summed E-state index contributed by atoms with van der Waals surface area (Å²) in [6, 6.07) is 63.8. The number of nitrogens with zero attached hydrogens (tertiary/aromatic N) is 4. The number of hydrogen-bond donors (Lipinski definition) is 0. The minimum atomic E-state index is -0.310. The topological polar surface area (TPSA) is 33.5 Å². The first-order chi connectivity index (χ1) is 32.9. The Morgan fingerprint density at radius 3 is 1.64 bits per heavy atom. The van der Waals surface area contributed by atoms with Crippen LogP contribution in [0.1, 0.15) is 103 Å². The van der Waals surface area contributed by atoms with Crippen LogP contribution in [0.5, 0.6) is 11.5 Å². The molecule has 1 aliphatic rings. The predicted molar refractivity (Wildman–Crippen MR) is 290 cm³/mol. The Morgan fingerprint density at radius 1 is 0.406 bits per heavy atom. The van der Waals surface area contributed by atoms with E-state index < -0.39 is 0 Å². The molecular weight excluding hydrogens is 841 g/mol. The van der Waals surface area contributed by atoms with Gasteiger partial charge in [-0.15, -0.1) is 0 Å². The zero-order valence-electron chi connectivity index (χ0n) is 41.9. The highest BCUT2D eigenvalue weighted by Crippen LogP contribution is 2.42. The zero-order chi connectivity index (χ0) is 48.3. The van der Waals surface area contributed by atoms with Gasteiger partial charge in [0.05, 0.1) is 17.7 Å². The fourth-order valence-corrected chi connectivity index (χ4v) is 9.82. The van der Waals surface area contributed by atoms with Crippen LogP contribution in [0.4, 0.5) is 11.4 Å². The highest BCUT2D eigenvalue weighted by molar-refractivity contribution is 6.09. The standard InChI is InChI=1S/C64H64N4O/c1-61(2,3)48-26-29-58-57(39-48)56-28-27-54(42-59(56)68(58)60-40-49(30-31-65-60)63(7,8)46-22-16-12-17-23-46)69-55-38-51(64(9,10)47-24-18-13-19-25-47)37-53(41-55)67-33-32-66(43-67)52-35-45(44-20-14-11-15-21-44)34-50(36-52)62(4,5)6/h11-42H,43H2,1-10H3. The van der Waals surface area contributed by atoms with E-state index in [9.17, 15) is 0 Å². The molecule has 346 valence electrons. The smallest absolute Gasteiger partial charge is 0.137 e. The molecule has 7 aromatic carbocycles. The van der Waals surface area contributed by atoms with Gasteiger partial charge in [-0.1, -0.05) is 172 Å². The lowest BCUT2D eigenvalue weighted by molar-refractivity contribution is 0.480. The highest BCUT2D eigenvalue weighted by atomic mass is 16.5. The monoisotopic (exact) mass is 905 g/mol. The third-order valence-electron chi connectivity index (χ3n) is 14.4. The van der Waals surface area contributed by atoms with E-state index in [1.165, 1.54) is 55.6 Å². The van der Waals surface area contributed by atoms with Gasteiger partial charge in [0.2, 0.25) is 0 Å². The first kappa shape index (κ1) is 45.4. The van der Waals surface area contributed by atoms with E-state index >= 15 is 0 Å². The van der Waals surface area contributed by atoms with E-state index in [1.54, 1.807) is 0 Å². The number of hydrogen-bond acceptors (Lipinski definition) is 4. The molecule has 10 rings (SSSR count). The van der Waals surface area contributed by atoms with Crippen LogP contribution in [0.15, 0.2) is 195 Å². The molecule has 0 radical (unpaired) electrons. The molecule has 0 saturated carbocycles. The van der Waals surface area contributed by atoms with Crippen molar-refractivity contribution in [2.45, 2.75) is 90.9 Å². The van der Waals surface area contributed by atoms with Crippen LogP contribution in [-0.2, 0) is 21.7 Å². The lowest BCUT2D eigenvalue weighted by Crippen LogP contribution is -2.26. The quantitative estimate of drug-likeness (QED) is 0.137. The molecule has 9 aromatic rings. The highest BCUT2D eigenvalue weighted by Gasteiger charge is 2.28. The van der Waals surface area contributed by atoms with E-state index in [4.69, 9.17) is 9.72 Å². The number of aromatic nitrogens is 2. The molecule has 0 unspecified atom stereocenters. The molecule has 3 heterocycles. The van der Waals surface area contributed by atoms with Gasteiger partial charge < -0.3 is 14.5 Å². The fraction of sp³-hybridized carbons (Fsp3) is 0.234. The molecule has 0 spiro atoms. The molecule has 69 heavy (non-hydrogen) atoms. The average Bonchev–Trinajstić information content (AvgIpc) is 3.98. The lowest BCUT2D eigenvalue weighted by atomic mass is 9.78. The predicted octanol–water partition coefficient (Wildman–Crippen LogP) is 16.6. The molecule has 0 bridgehead atoms. The third-order valence-corrected chi connectivity index (χ3v) is 14.4. The Hall–Kier alpha value is -7.37. The summed E-state index contributed by atoms with van der Waals surface area (Å²) >= 11 is 0. The van der Waals surface area contributed by atoms with Crippen LogP contribution in [0.3, 0.4) is 0 Å². The van der Waals surface area contributed by atoms with Crippen molar-refractivity contribution in [2.24, 2.45) is 0 Å². The van der Waals surface area contributed by atoms with Gasteiger partial charge in [0, 0.05) is 63.7 Å². The van der Waals surface area contributed by atoms with Gasteiger partial charge in [0.15, 0.2) is 0 Å². The van der Waals surface area contributed by atoms with Crippen LogP contribution >= 0.6 is 0 Å². The van der Waals surface area contributed by atoms with Crippen molar-refractivity contribution in [1.82, 2.24) is 9.55 Å². The number of benzene rings is 7. The van der Waals surface area contributed by atoms with Crippen molar-refractivity contribution in [3.63, 3.8) is 0 Å².